The van der Waals surface area contributed by atoms with E-state index in [1.54, 1.807) is 19.2 Å². The van der Waals surface area contributed by atoms with Crippen molar-refractivity contribution in [1.29, 1.82) is 0 Å². The lowest BCUT2D eigenvalue weighted by molar-refractivity contribution is -0.142. The van der Waals surface area contributed by atoms with Crippen molar-refractivity contribution in [2.24, 2.45) is 0 Å². The van der Waals surface area contributed by atoms with Gasteiger partial charge in [0.25, 0.3) is 0 Å². The Bertz CT molecular complexity index is 637. The predicted molar refractivity (Wildman–Crippen MR) is 86.3 cm³/mol. The average Bonchev–Trinajstić information content (AvgIpc) is 2.88. The fourth-order valence-corrected chi connectivity index (χ4v) is 2.85. The van der Waals surface area contributed by atoms with E-state index in [-0.39, 0.29) is 6.04 Å². The number of carboxylic acid groups (broad SMARTS) is 1. The highest BCUT2D eigenvalue weighted by Gasteiger charge is 2.32. The number of nitrogens with zero attached hydrogens (tertiary/aromatic N) is 1. The van der Waals surface area contributed by atoms with Crippen LogP contribution >= 0.6 is 22.9 Å². The Kier molecular flexibility index (Phi) is 4.54. The maximum Gasteiger partial charge on any atom is 0.315 e. The second-order valence-electron chi connectivity index (χ2n) is 5.39. The van der Waals surface area contributed by atoms with Crippen molar-refractivity contribution >= 4 is 34.0 Å². The standard InChI is InChI=1S/C15H17ClN2O2S/c1-9(10-4-6-11(16)7-5-10)17-14-18-12(8-21-14)15(2,3)13(19)20/h4-9H,1-3H3,(H,17,18)(H,19,20). The van der Waals surface area contributed by atoms with Crippen molar-refractivity contribution in [2.75, 3.05) is 5.32 Å². The molecular weight excluding hydrogens is 308 g/mol. The quantitative estimate of drug-likeness (QED) is 0.859. The summed E-state index contributed by atoms with van der Waals surface area (Å²) < 4.78 is 0. The van der Waals surface area contributed by atoms with Crippen molar-refractivity contribution in [1.82, 2.24) is 4.98 Å². The highest BCUT2D eigenvalue weighted by Crippen LogP contribution is 2.29. The van der Waals surface area contributed by atoms with E-state index < -0.39 is 11.4 Å². The van der Waals surface area contributed by atoms with Gasteiger partial charge in [0.1, 0.15) is 5.41 Å². The lowest BCUT2D eigenvalue weighted by atomic mass is 9.90. The number of aromatic nitrogens is 1. The van der Waals surface area contributed by atoms with Crippen LogP contribution in [-0.4, -0.2) is 16.1 Å². The third-order valence-corrected chi connectivity index (χ3v) is 4.41. The minimum absolute atomic E-state index is 0.0641. The molecule has 6 heteroatoms. The van der Waals surface area contributed by atoms with Gasteiger partial charge in [-0.1, -0.05) is 23.7 Å². The van der Waals surface area contributed by atoms with Gasteiger partial charge in [0, 0.05) is 10.4 Å². The molecule has 0 aliphatic carbocycles. The normalized spacial score (nSPS) is 13.0. The minimum atomic E-state index is -0.986. The highest BCUT2D eigenvalue weighted by atomic mass is 35.5. The number of hydrogen-bond acceptors (Lipinski definition) is 4. The van der Waals surface area contributed by atoms with Crippen LogP contribution in [0.3, 0.4) is 0 Å². The molecule has 1 atom stereocenters. The summed E-state index contributed by atoms with van der Waals surface area (Å²) in [5.41, 5.74) is 0.666. The van der Waals surface area contributed by atoms with Crippen molar-refractivity contribution < 1.29 is 9.90 Å². The van der Waals surface area contributed by atoms with Crippen LogP contribution in [0.5, 0.6) is 0 Å². The van der Waals surface area contributed by atoms with Gasteiger partial charge in [-0.15, -0.1) is 11.3 Å². The molecule has 1 heterocycles. The van der Waals surface area contributed by atoms with E-state index in [1.807, 2.05) is 31.2 Å². The molecule has 112 valence electrons. The number of halogens is 1. The fraction of sp³-hybridized carbons (Fsp3) is 0.333. The monoisotopic (exact) mass is 324 g/mol. The number of rotatable bonds is 5. The maximum atomic E-state index is 11.2. The molecule has 4 nitrogen and oxygen atoms in total. The molecule has 1 unspecified atom stereocenters. The largest absolute Gasteiger partial charge is 0.481 e. The summed E-state index contributed by atoms with van der Waals surface area (Å²) in [4.78, 5) is 15.6. The van der Waals surface area contributed by atoms with Gasteiger partial charge < -0.3 is 10.4 Å². The number of benzene rings is 1. The topological polar surface area (TPSA) is 62.2 Å². The maximum absolute atomic E-state index is 11.2. The molecule has 0 bridgehead atoms. The Morgan fingerprint density at radius 3 is 2.57 bits per heavy atom. The first kappa shape index (κ1) is 15.8. The second kappa shape index (κ2) is 6.03. The number of carbonyl (C=O) groups is 1. The number of nitrogens with one attached hydrogen (secondary N) is 1. The van der Waals surface area contributed by atoms with Gasteiger partial charge in [0.15, 0.2) is 5.13 Å². The molecule has 2 aromatic rings. The third-order valence-electron chi connectivity index (χ3n) is 3.39. The first-order valence-electron chi connectivity index (χ1n) is 6.52. The van der Waals surface area contributed by atoms with E-state index in [1.165, 1.54) is 11.3 Å². The summed E-state index contributed by atoms with van der Waals surface area (Å²) >= 11 is 7.28. The molecule has 2 N–H and O–H groups in total. The lowest BCUT2D eigenvalue weighted by Gasteiger charge is -2.16. The van der Waals surface area contributed by atoms with E-state index in [0.29, 0.717) is 15.8 Å². The first-order valence-corrected chi connectivity index (χ1v) is 7.78. The van der Waals surface area contributed by atoms with E-state index >= 15 is 0 Å². The summed E-state index contributed by atoms with van der Waals surface area (Å²) in [6.45, 7) is 5.32. The summed E-state index contributed by atoms with van der Waals surface area (Å²) in [5.74, 6) is -0.884. The van der Waals surface area contributed by atoms with Gasteiger partial charge in [-0.05, 0) is 38.5 Å². The molecule has 1 aromatic heterocycles. The third kappa shape index (κ3) is 3.54. The Morgan fingerprint density at radius 2 is 2.00 bits per heavy atom. The Labute approximate surface area is 132 Å². The molecule has 0 fully saturated rings. The van der Waals surface area contributed by atoms with Crippen LogP contribution < -0.4 is 5.32 Å². The number of hydrogen-bond donors (Lipinski definition) is 2. The van der Waals surface area contributed by atoms with Gasteiger partial charge in [-0.3, -0.25) is 4.79 Å². The van der Waals surface area contributed by atoms with Crippen LogP contribution in [0.1, 0.15) is 38.1 Å². The Hall–Kier alpha value is -1.59. The van der Waals surface area contributed by atoms with Gasteiger partial charge in [-0.2, -0.15) is 0 Å². The molecular formula is C15H17ClN2O2S. The van der Waals surface area contributed by atoms with Crippen LogP contribution in [0, 0.1) is 0 Å². The average molecular weight is 325 g/mol. The van der Waals surface area contributed by atoms with Crippen LogP contribution in [0.4, 0.5) is 5.13 Å². The number of aliphatic carboxylic acids is 1. The smallest absolute Gasteiger partial charge is 0.315 e. The van der Waals surface area contributed by atoms with Gasteiger partial charge >= 0.3 is 5.97 Å². The molecule has 0 aliphatic heterocycles. The predicted octanol–water partition coefficient (Wildman–Crippen LogP) is 4.33. The number of anilines is 1. The molecule has 0 amide bonds. The molecule has 21 heavy (non-hydrogen) atoms. The lowest BCUT2D eigenvalue weighted by Crippen LogP contribution is -2.28. The van der Waals surface area contributed by atoms with E-state index in [9.17, 15) is 9.90 Å². The van der Waals surface area contributed by atoms with Crippen LogP contribution in [0.15, 0.2) is 29.6 Å². The molecule has 2 rings (SSSR count). The van der Waals surface area contributed by atoms with Crippen molar-refractivity contribution in [2.45, 2.75) is 32.2 Å². The zero-order valence-electron chi connectivity index (χ0n) is 12.1. The van der Waals surface area contributed by atoms with Crippen LogP contribution in [0.2, 0.25) is 5.02 Å². The zero-order chi connectivity index (χ0) is 15.6. The Morgan fingerprint density at radius 1 is 1.38 bits per heavy atom. The summed E-state index contributed by atoms with van der Waals surface area (Å²) in [6, 6.07) is 7.66. The van der Waals surface area contributed by atoms with Gasteiger partial charge in [0.2, 0.25) is 0 Å². The first-order chi connectivity index (χ1) is 9.80. The molecule has 0 aliphatic rings. The summed E-state index contributed by atoms with van der Waals surface area (Å²) in [5, 5.41) is 15.7. The van der Waals surface area contributed by atoms with Crippen LogP contribution in [-0.2, 0) is 10.2 Å². The summed E-state index contributed by atoms with van der Waals surface area (Å²) in [7, 11) is 0. The van der Waals surface area contributed by atoms with Crippen molar-refractivity contribution in [3.63, 3.8) is 0 Å². The van der Waals surface area contributed by atoms with Crippen LogP contribution in [0.25, 0.3) is 0 Å². The molecule has 0 radical (unpaired) electrons. The molecule has 0 saturated carbocycles. The summed E-state index contributed by atoms with van der Waals surface area (Å²) in [6.07, 6.45) is 0. The molecule has 1 aromatic carbocycles. The van der Waals surface area contributed by atoms with Gasteiger partial charge in [-0.25, -0.2) is 4.98 Å². The number of carboxylic acids is 1. The van der Waals surface area contributed by atoms with E-state index in [4.69, 9.17) is 11.6 Å². The van der Waals surface area contributed by atoms with Crippen molar-refractivity contribution in [3.05, 3.63) is 45.9 Å². The fourth-order valence-electron chi connectivity index (χ4n) is 1.76. The Balaban J connectivity index is 2.12. The minimum Gasteiger partial charge on any atom is -0.481 e. The molecule has 0 saturated heterocycles. The zero-order valence-corrected chi connectivity index (χ0v) is 13.6. The van der Waals surface area contributed by atoms with Gasteiger partial charge in [0.05, 0.1) is 11.7 Å². The number of thiazole rings is 1. The SMILES string of the molecule is CC(Nc1nc(C(C)(C)C(=O)O)cs1)c1ccc(Cl)cc1. The van der Waals surface area contributed by atoms with Crippen molar-refractivity contribution in [3.8, 4) is 0 Å². The van der Waals surface area contributed by atoms with E-state index in [0.717, 1.165) is 5.56 Å². The molecule has 0 spiro atoms. The second-order valence-corrected chi connectivity index (χ2v) is 6.68. The van der Waals surface area contributed by atoms with E-state index in [2.05, 4.69) is 10.3 Å². The highest BCUT2D eigenvalue weighted by molar-refractivity contribution is 7.13.